The molecule has 0 aliphatic heterocycles. The molecule has 1 N–H and O–H groups in total. The molecule has 0 saturated carbocycles. The Kier molecular flexibility index (Phi) is 4.69. The Morgan fingerprint density at radius 1 is 1.00 bits per heavy atom. The van der Waals surface area contributed by atoms with Crippen LogP contribution in [0.5, 0.6) is 0 Å². The second kappa shape index (κ2) is 6.90. The SMILES string of the molecule is O=C(Cc1cccc2c(S(=O)[O-])cccc12)Nc1ccc(F)cc1. The van der Waals surface area contributed by atoms with Gasteiger partial charge in [0.15, 0.2) is 0 Å². The van der Waals surface area contributed by atoms with Crippen molar-refractivity contribution in [2.45, 2.75) is 11.3 Å². The average molecular weight is 342 g/mol. The molecule has 6 heteroatoms. The van der Waals surface area contributed by atoms with Gasteiger partial charge < -0.3 is 9.87 Å². The third-order valence-electron chi connectivity index (χ3n) is 3.63. The Balaban J connectivity index is 1.87. The van der Waals surface area contributed by atoms with Crippen LogP contribution in [0.25, 0.3) is 10.8 Å². The molecule has 1 amide bonds. The van der Waals surface area contributed by atoms with Gasteiger partial charge in [0.2, 0.25) is 5.91 Å². The summed E-state index contributed by atoms with van der Waals surface area (Å²) in [5, 5.41) is 3.99. The summed E-state index contributed by atoms with van der Waals surface area (Å²) in [6, 6.07) is 15.7. The van der Waals surface area contributed by atoms with Gasteiger partial charge in [0.25, 0.3) is 0 Å². The van der Waals surface area contributed by atoms with Crippen LogP contribution in [0, 0.1) is 5.82 Å². The third kappa shape index (κ3) is 3.50. The van der Waals surface area contributed by atoms with Crippen LogP contribution in [0.2, 0.25) is 0 Å². The summed E-state index contributed by atoms with van der Waals surface area (Å²) in [4.78, 5) is 12.4. The van der Waals surface area contributed by atoms with Gasteiger partial charge in [0, 0.05) is 10.6 Å². The highest BCUT2D eigenvalue weighted by Gasteiger charge is 2.09. The highest BCUT2D eigenvalue weighted by atomic mass is 32.2. The Labute approximate surface area is 140 Å². The quantitative estimate of drug-likeness (QED) is 0.739. The second-order valence-electron chi connectivity index (χ2n) is 5.23. The Morgan fingerprint density at radius 3 is 2.38 bits per heavy atom. The molecule has 0 aromatic heterocycles. The predicted octanol–water partition coefficient (Wildman–Crippen LogP) is 3.40. The van der Waals surface area contributed by atoms with E-state index in [1.54, 1.807) is 30.3 Å². The van der Waals surface area contributed by atoms with Crippen molar-refractivity contribution in [3.05, 3.63) is 72.0 Å². The minimum absolute atomic E-state index is 0.0870. The lowest BCUT2D eigenvalue weighted by molar-refractivity contribution is -0.115. The van der Waals surface area contributed by atoms with Gasteiger partial charge >= 0.3 is 0 Å². The van der Waals surface area contributed by atoms with Crippen molar-refractivity contribution in [3.8, 4) is 0 Å². The van der Waals surface area contributed by atoms with Crippen molar-refractivity contribution in [1.29, 1.82) is 0 Å². The molecule has 3 aromatic rings. The van der Waals surface area contributed by atoms with E-state index in [-0.39, 0.29) is 23.0 Å². The van der Waals surface area contributed by atoms with Crippen molar-refractivity contribution in [1.82, 2.24) is 0 Å². The fourth-order valence-corrected chi connectivity index (χ4v) is 3.10. The summed E-state index contributed by atoms with van der Waals surface area (Å²) in [6.45, 7) is 0. The molecule has 0 fully saturated rings. The number of halogens is 1. The van der Waals surface area contributed by atoms with E-state index in [0.717, 1.165) is 5.56 Å². The molecule has 0 aliphatic rings. The number of nitrogens with one attached hydrogen (secondary N) is 1. The highest BCUT2D eigenvalue weighted by molar-refractivity contribution is 7.79. The number of anilines is 1. The monoisotopic (exact) mass is 342 g/mol. The lowest BCUT2D eigenvalue weighted by atomic mass is 10.0. The number of benzene rings is 3. The summed E-state index contributed by atoms with van der Waals surface area (Å²) in [5.74, 6) is -0.636. The molecule has 122 valence electrons. The van der Waals surface area contributed by atoms with Crippen molar-refractivity contribution in [2.75, 3.05) is 5.32 Å². The van der Waals surface area contributed by atoms with Gasteiger partial charge in [-0.15, -0.1) is 0 Å². The van der Waals surface area contributed by atoms with Crippen molar-refractivity contribution in [2.24, 2.45) is 0 Å². The molecule has 0 heterocycles. The van der Waals surface area contributed by atoms with Crippen LogP contribution in [0.15, 0.2) is 65.6 Å². The van der Waals surface area contributed by atoms with Crippen molar-refractivity contribution in [3.63, 3.8) is 0 Å². The molecule has 3 aromatic carbocycles. The molecule has 0 aliphatic carbocycles. The lowest BCUT2D eigenvalue weighted by Gasteiger charge is -2.12. The Morgan fingerprint density at radius 2 is 1.67 bits per heavy atom. The molecule has 3 rings (SSSR count). The van der Waals surface area contributed by atoms with Gasteiger partial charge in [-0.3, -0.25) is 9.00 Å². The lowest BCUT2D eigenvalue weighted by Crippen LogP contribution is -2.14. The van der Waals surface area contributed by atoms with Crippen molar-refractivity contribution >= 4 is 33.4 Å². The maximum Gasteiger partial charge on any atom is 0.228 e. The molecular formula is C18H13FNO3S-. The van der Waals surface area contributed by atoms with Crippen LogP contribution in [-0.4, -0.2) is 14.7 Å². The number of rotatable bonds is 4. The van der Waals surface area contributed by atoms with Crippen LogP contribution >= 0.6 is 0 Å². The summed E-state index contributed by atoms with van der Waals surface area (Å²) in [6.07, 6.45) is 0.0870. The zero-order valence-corrected chi connectivity index (χ0v) is 13.3. The van der Waals surface area contributed by atoms with E-state index in [2.05, 4.69) is 5.32 Å². The Hall–Kier alpha value is -2.57. The van der Waals surface area contributed by atoms with Gasteiger partial charge in [-0.1, -0.05) is 30.3 Å². The van der Waals surface area contributed by atoms with Crippen LogP contribution < -0.4 is 5.32 Å². The largest absolute Gasteiger partial charge is 0.768 e. The van der Waals surface area contributed by atoms with Crippen LogP contribution in [0.1, 0.15) is 5.56 Å². The molecule has 0 spiro atoms. The third-order valence-corrected chi connectivity index (χ3v) is 4.35. The van der Waals surface area contributed by atoms with Gasteiger partial charge in [-0.25, -0.2) is 4.39 Å². The maximum absolute atomic E-state index is 12.9. The zero-order valence-electron chi connectivity index (χ0n) is 12.5. The fraction of sp³-hybridized carbons (Fsp3) is 0.0556. The van der Waals surface area contributed by atoms with E-state index in [9.17, 15) is 17.9 Å². The summed E-state index contributed by atoms with van der Waals surface area (Å²) < 4.78 is 35.5. The van der Waals surface area contributed by atoms with Gasteiger partial charge in [-0.2, -0.15) is 0 Å². The first-order valence-electron chi connectivity index (χ1n) is 7.20. The summed E-state index contributed by atoms with van der Waals surface area (Å²) in [5.41, 5.74) is 1.22. The second-order valence-corrected chi connectivity index (χ2v) is 6.14. The van der Waals surface area contributed by atoms with Crippen molar-refractivity contribution < 1.29 is 17.9 Å². The number of carbonyl (C=O) groups excluding carboxylic acids is 1. The van der Waals surface area contributed by atoms with Gasteiger partial charge in [-0.05, 0) is 57.7 Å². The maximum atomic E-state index is 12.9. The standard InChI is InChI=1S/C18H14FNO3S/c19-13-7-9-14(10-8-13)20-18(21)11-12-3-1-5-16-15(12)4-2-6-17(16)24(22)23/h1-10H,11H2,(H,20,21)(H,22,23)/p-1. The van der Waals surface area contributed by atoms with Crippen LogP contribution in [0.3, 0.4) is 0 Å². The molecule has 0 bridgehead atoms. The number of hydrogen-bond acceptors (Lipinski definition) is 3. The minimum atomic E-state index is -2.34. The first-order chi connectivity index (χ1) is 11.5. The average Bonchev–Trinajstić information content (AvgIpc) is 2.56. The molecule has 1 unspecified atom stereocenters. The van der Waals surface area contributed by atoms with Gasteiger partial charge in [0.05, 0.1) is 6.42 Å². The zero-order chi connectivity index (χ0) is 17.1. The topological polar surface area (TPSA) is 69.2 Å². The number of hydrogen-bond donors (Lipinski definition) is 1. The Bertz CT molecular complexity index is 925. The molecule has 24 heavy (non-hydrogen) atoms. The summed E-state index contributed by atoms with van der Waals surface area (Å²) in [7, 11) is 0. The molecule has 0 saturated heterocycles. The van der Waals surface area contributed by atoms with E-state index in [1.165, 1.54) is 30.3 Å². The smallest absolute Gasteiger partial charge is 0.228 e. The molecule has 1 atom stereocenters. The van der Waals surface area contributed by atoms with E-state index < -0.39 is 11.1 Å². The molecule has 4 nitrogen and oxygen atoms in total. The molecular weight excluding hydrogens is 329 g/mol. The fourth-order valence-electron chi connectivity index (χ4n) is 2.56. The van der Waals surface area contributed by atoms with E-state index in [1.807, 2.05) is 0 Å². The van der Waals surface area contributed by atoms with E-state index in [4.69, 9.17) is 0 Å². The van der Waals surface area contributed by atoms with Crippen LogP contribution in [-0.2, 0) is 22.3 Å². The minimum Gasteiger partial charge on any atom is -0.768 e. The highest BCUT2D eigenvalue weighted by Crippen LogP contribution is 2.25. The number of amides is 1. The summed E-state index contributed by atoms with van der Waals surface area (Å²) >= 11 is -2.34. The van der Waals surface area contributed by atoms with Gasteiger partial charge in [0.1, 0.15) is 5.82 Å². The van der Waals surface area contributed by atoms with E-state index >= 15 is 0 Å². The van der Waals surface area contributed by atoms with E-state index in [0.29, 0.717) is 16.5 Å². The number of carbonyl (C=O) groups is 1. The number of fused-ring (bicyclic) bond motifs is 1. The predicted molar refractivity (Wildman–Crippen MR) is 89.9 cm³/mol. The first kappa shape index (κ1) is 16.3. The molecule has 0 radical (unpaired) electrons. The van der Waals surface area contributed by atoms with Crippen LogP contribution in [0.4, 0.5) is 10.1 Å². The normalized spacial score (nSPS) is 12.1. The first-order valence-corrected chi connectivity index (χ1v) is 8.27.